The molecule has 3 aromatic rings. The minimum absolute atomic E-state index is 0.0842. The molecule has 1 aliphatic rings. The first-order chi connectivity index (χ1) is 13.4. The molecule has 28 heavy (non-hydrogen) atoms. The Labute approximate surface area is 156 Å². The van der Waals surface area contributed by atoms with E-state index in [9.17, 15) is 23.7 Å². The van der Waals surface area contributed by atoms with Crippen LogP contribution in [0, 0.1) is 21.7 Å². The summed E-state index contributed by atoms with van der Waals surface area (Å²) in [5.41, 5.74) is 0.448. The molecule has 3 heterocycles. The number of aromatic nitrogens is 3. The zero-order valence-corrected chi connectivity index (χ0v) is 14.5. The number of carbonyl (C=O) groups is 1. The van der Waals surface area contributed by atoms with E-state index < -0.39 is 16.6 Å². The number of halogens is 2. The molecular weight excluding hydrogens is 374 g/mol. The third kappa shape index (κ3) is 3.10. The zero-order valence-electron chi connectivity index (χ0n) is 14.5. The van der Waals surface area contributed by atoms with Crippen molar-refractivity contribution in [1.82, 2.24) is 19.5 Å². The Hall–Kier alpha value is -3.63. The van der Waals surface area contributed by atoms with Crippen LogP contribution in [0.15, 0.2) is 36.5 Å². The number of imidazole rings is 1. The number of benzene rings is 1. The number of amides is 1. The fraction of sp³-hybridized carbons (Fsp3) is 0.235. The predicted octanol–water partition coefficient (Wildman–Crippen LogP) is 1.88. The number of nitrogens with zero attached hydrogens (tertiary/aromatic N) is 6. The van der Waals surface area contributed by atoms with Gasteiger partial charge in [-0.25, -0.2) is 13.8 Å². The molecule has 4 rings (SSSR count). The first kappa shape index (κ1) is 17.8. The molecule has 0 bridgehead atoms. The Balaban J connectivity index is 1.48. The maximum absolute atomic E-state index is 13.4. The molecule has 1 fully saturated rings. The highest BCUT2D eigenvalue weighted by Gasteiger charge is 2.25. The second kappa shape index (κ2) is 6.83. The highest BCUT2D eigenvalue weighted by Crippen LogP contribution is 2.19. The van der Waals surface area contributed by atoms with Crippen LogP contribution in [0.5, 0.6) is 0 Å². The van der Waals surface area contributed by atoms with Gasteiger partial charge in [-0.05, 0) is 29.2 Å². The lowest BCUT2D eigenvalue weighted by Crippen LogP contribution is -2.49. The van der Waals surface area contributed by atoms with Crippen molar-refractivity contribution in [2.24, 2.45) is 0 Å². The van der Waals surface area contributed by atoms with Crippen molar-refractivity contribution >= 4 is 23.2 Å². The van der Waals surface area contributed by atoms with Gasteiger partial charge in [0.15, 0.2) is 17.5 Å². The Morgan fingerprint density at radius 1 is 1.07 bits per heavy atom. The summed E-state index contributed by atoms with van der Waals surface area (Å²) in [6.07, 6.45) is 1.14. The Morgan fingerprint density at radius 3 is 2.50 bits per heavy atom. The molecular formula is C17H14F2N6O3. The molecule has 2 aromatic heterocycles. The summed E-state index contributed by atoms with van der Waals surface area (Å²) >= 11 is 0. The smallest absolute Gasteiger partial charge is 0.358 e. The average molecular weight is 388 g/mol. The number of fused-ring (bicyclic) bond motifs is 1. The third-order valence-electron chi connectivity index (χ3n) is 4.57. The van der Waals surface area contributed by atoms with Crippen LogP contribution >= 0.6 is 0 Å². The summed E-state index contributed by atoms with van der Waals surface area (Å²) in [5, 5.41) is 15.3. The van der Waals surface area contributed by atoms with Gasteiger partial charge < -0.3 is 19.9 Å². The van der Waals surface area contributed by atoms with Crippen molar-refractivity contribution in [3.63, 3.8) is 0 Å². The van der Waals surface area contributed by atoms with E-state index in [1.54, 1.807) is 17.0 Å². The summed E-state index contributed by atoms with van der Waals surface area (Å²) in [4.78, 5) is 30.3. The standard InChI is InChI=1S/C17H14F2N6O3/c18-12-2-1-11(9-13(12)19)17(26)23-7-5-22(6-8-23)15-4-3-14-20-10-16(25(27)28)24(14)21-15/h1-4,9-10H,5-8H2. The van der Waals surface area contributed by atoms with Gasteiger partial charge in [-0.3, -0.25) is 4.79 Å². The summed E-state index contributed by atoms with van der Waals surface area (Å²) in [5.74, 6) is -2.16. The van der Waals surface area contributed by atoms with Crippen molar-refractivity contribution in [3.8, 4) is 0 Å². The Kier molecular flexibility index (Phi) is 4.34. The molecule has 0 N–H and O–H groups in total. The molecule has 0 unspecified atom stereocenters. The fourth-order valence-corrected chi connectivity index (χ4v) is 3.10. The van der Waals surface area contributed by atoms with Gasteiger partial charge in [0.05, 0.1) is 0 Å². The fourth-order valence-electron chi connectivity index (χ4n) is 3.10. The average Bonchev–Trinajstić information content (AvgIpc) is 3.13. The lowest BCUT2D eigenvalue weighted by atomic mass is 10.1. The molecule has 1 aromatic carbocycles. The number of nitro groups is 1. The van der Waals surface area contributed by atoms with Gasteiger partial charge in [0.1, 0.15) is 6.20 Å². The SMILES string of the molecule is O=C(c1ccc(F)c(F)c1)N1CCN(c2ccc3ncc([N+](=O)[O-])n3n2)CC1. The van der Waals surface area contributed by atoms with Gasteiger partial charge >= 0.3 is 5.82 Å². The maximum Gasteiger partial charge on any atom is 0.368 e. The Morgan fingerprint density at radius 2 is 1.82 bits per heavy atom. The number of hydrogen-bond acceptors (Lipinski definition) is 6. The van der Waals surface area contributed by atoms with Crippen molar-refractivity contribution in [2.75, 3.05) is 31.1 Å². The van der Waals surface area contributed by atoms with E-state index in [0.29, 0.717) is 37.6 Å². The first-order valence-electron chi connectivity index (χ1n) is 8.42. The minimum atomic E-state index is -1.07. The third-order valence-corrected chi connectivity index (χ3v) is 4.57. The van der Waals surface area contributed by atoms with Gasteiger partial charge in [-0.1, -0.05) is 9.61 Å². The zero-order chi connectivity index (χ0) is 19.8. The summed E-state index contributed by atoms with van der Waals surface area (Å²) < 4.78 is 27.6. The summed E-state index contributed by atoms with van der Waals surface area (Å²) in [6, 6.07) is 6.40. The highest BCUT2D eigenvalue weighted by atomic mass is 19.2. The normalized spacial score (nSPS) is 14.5. The van der Waals surface area contributed by atoms with Gasteiger partial charge in [-0.2, -0.15) is 0 Å². The van der Waals surface area contributed by atoms with Gasteiger partial charge in [0.25, 0.3) is 5.91 Å². The van der Waals surface area contributed by atoms with E-state index in [4.69, 9.17) is 0 Å². The predicted molar refractivity (Wildman–Crippen MR) is 94.1 cm³/mol. The highest BCUT2D eigenvalue weighted by molar-refractivity contribution is 5.94. The van der Waals surface area contributed by atoms with E-state index in [1.807, 2.05) is 4.90 Å². The molecule has 0 spiro atoms. The number of piperazine rings is 1. The lowest BCUT2D eigenvalue weighted by Gasteiger charge is -2.35. The second-order valence-electron chi connectivity index (χ2n) is 6.24. The molecule has 0 atom stereocenters. The van der Waals surface area contributed by atoms with E-state index in [1.165, 1.54) is 6.07 Å². The maximum atomic E-state index is 13.4. The molecule has 0 saturated carbocycles. The van der Waals surface area contributed by atoms with Crippen LogP contribution in [0.3, 0.4) is 0 Å². The lowest BCUT2D eigenvalue weighted by molar-refractivity contribution is -0.391. The van der Waals surface area contributed by atoms with E-state index in [2.05, 4.69) is 10.1 Å². The van der Waals surface area contributed by atoms with Crippen molar-refractivity contribution < 1.29 is 18.5 Å². The van der Waals surface area contributed by atoms with Gasteiger partial charge in [-0.15, -0.1) is 0 Å². The Bertz CT molecular complexity index is 1080. The quantitative estimate of drug-likeness (QED) is 0.502. The molecule has 0 radical (unpaired) electrons. The molecule has 9 nitrogen and oxygen atoms in total. The molecule has 1 amide bonds. The van der Waals surface area contributed by atoms with Crippen molar-refractivity contribution in [3.05, 3.63) is 63.8 Å². The second-order valence-corrected chi connectivity index (χ2v) is 6.24. The molecule has 0 aliphatic carbocycles. The van der Waals surface area contributed by atoms with E-state index in [0.717, 1.165) is 22.8 Å². The number of anilines is 1. The molecule has 144 valence electrons. The largest absolute Gasteiger partial charge is 0.368 e. The van der Waals surface area contributed by atoms with Crippen LogP contribution in [0.1, 0.15) is 10.4 Å². The van der Waals surface area contributed by atoms with Crippen LogP contribution in [0.4, 0.5) is 20.4 Å². The topological polar surface area (TPSA) is 96.9 Å². The first-order valence-corrected chi connectivity index (χ1v) is 8.42. The summed E-state index contributed by atoms with van der Waals surface area (Å²) in [7, 11) is 0. The van der Waals surface area contributed by atoms with Crippen LogP contribution in [-0.2, 0) is 0 Å². The van der Waals surface area contributed by atoms with E-state index in [-0.39, 0.29) is 17.3 Å². The molecule has 1 aliphatic heterocycles. The molecule has 11 heteroatoms. The van der Waals surface area contributed by atoms with Crippen LogP contribution < -0.4 is 4.90 Å². The van der Waals surface area contributed by atoms with Crippen molar-refractivity contribution in [2.45, 2.75) is 0 Å². The monoisotopic (exact) mass is 388 g/mol. The molecule has 1 saturated heterocycles. The minimum Gasteiger partial charge on any atom is -0.358 e. The van der Waals surface area contributed by atoms with Crippen LogP contribution in [0.2, 0.25) is 0 Å². The number of carbonyl (C=O) groups excluding carboxylic acids is 1. The van der Waals surface area contributed by atoms with Gasteiger partial charge in [0, 0.05) is 37.8 Å². The number of rotatable bonds is 3. The van der Waals surface area contributed by atoms with E-state index >= 15 is 0 Å². The van der Waals surface area contributed by atoms with Crippen LogP contribution in [-0.4, -0.2) is 56.5 Å². The van der Waals surface area contributed by atoms with Crippen molar-refractivity contribution in [1.29, 1.82) is 0 Å². The number of hydrogen-bond donors (Lipinski definition) is 0. The summed E-state index contributed by atoms with van der Waals surface area (Å²) in [6.45, 7) is 1.58. The van der Waals surface area contributed by atoms with Crippen LogP contribution in [0.25, 0.3) is 5.65 Å². The van der Waals surface area contributed by atoms with Gasteiger partial charge in [0.2, 0.25) is 5.65 Å².